The largest absolute Gasteiger partial charge is 0.455 e. The molecule has 284 valence electrons. The summed E-state index contributed by atoms with van der Waals surface area (Å²) in [7, 11) is 0. The number of nitrogens with zero attached hydrogens (tertiary/aromatic N) is 1. The molecule has 0 atom stereocenters. The van der Waals surface area contributed by atoms with E-state index in [1.807, 2.05) is 0 Å². The number of fused-ring (bicyclic) bond motifs is 11. The predicted molar refractivity (Wildman–Crippen MR) is 241 cm³/mol. The van der Waals surface area contributed by atoms with Gasteiger partial charge in [0, 0.05) is 43.6 Å². The molecule has 8 aromatic rings. The first-order chi connectivity index (χ1) is 28.2. The van der Waals surface area contributed by atoms with Gasteiger partial charge < -0.3 is 9.32 Å². The number of furan rings is 1. The molecule has 0 unspecified atom stereocenters. The zero-order valence-electron chi connectivity index (χ0n) is 34.0. The van der Waals surface area contributed by atoms with Crippen LogP contribution in [0.5, 0.6) is 0 Å². The summed E-state index contributed by atoms with van der Waals surface area (Å²) in [6.45, 7) is 9.59. The van der Waals surface area contributed by atoms with Gasteiger partial charge in [-0.05, 0) is 137 Å². The molecule has 1 heterocycles. The van der Waals surface area contributed by atoms with E-state index < -0.39 is 0 Å². The van der Waals surface area contributed by atoms with E-state index in [4.69, 9.17) is 4.42 Å². The van der Waals surface area contributed by atoms with Gasteiger partial charge in [-0.25, -0.2) is 0 Å². The lowest BCUT2D eigenvalue weighted by atomic mass is 9.48. The third-order valence-electron chi connectivity index (χ3n) is 16.0. The van der Waals surface area contributed by atoms with Crippen LogP contribution in [0.25, 0.3) is 55.0 Å². The molecule has 0 aliphatic heterocycles. The lowest BCUT2D eigenvalue weighted by molar-refractivity contribution is -0.00448. The third kappa shape index (κ3) is 4.29. The van der Waals surface area contributed by atoms with E-state index >= 15 is 0 Å². The molecule has 0 N–H and O–H groups in total. The highest BCUT2D eigenvalue weighted by molar-refractivity contribution is 6.21. The Balaban J connectivity index is 1.12. The van der Waals surface area contributed by atoms with Crippen LogP contribution in [0.3, 0.4) is 0 Å². The molecule has 2 nitrogen and oxygen atoms in total. The van der Waals surface area contributed by atoms with Crippen molar-refractivity contribution < 1.29 is 4.42 Å². The van der Waals surface area contributed by atoms with Crippen molar-refractivity contribution in [1.29, 1.82) is 0 Å². The van der Waals surface area contributed by atoms with Gasteiger partial charge in [0.2, 0.25) is 0 Å². The molecule has 6 aliphatic rings. The monoisotopic (exact) mass is 751 g/mol. The first kappa shape index (κ1) is 33.4. The SMILES string of the molecule is CC1(C)c2ccccc2-c2ccc(N(c3cccc4c3-c3ccccc3C4(C)C)c3cc4c(oc5cccc(C67CC8CC(CC(C8)C6)C7)c54)c4ccccc34)cc21. The van der Waals surface area contributed by atoms with E-state index in [-0.39, 0.29) is 16.2 Å². The summed E-state index contributed by atoms with van der Waals surface area (Å²) in [5.41, 5.74) is 18.1. The minimum Gasteiger partial charge on any atom is -0.455 e. The van der Waals surface area contributed by atoms with Crippen molar-refractivity contribution in [2.24, 2.45) is 17.8 Å². The molecular weight excluding hydrogens is 703 g/mol. The van der Waals surface area contributed by atoms with Gasteiger partial charge in [0.15, 0.2) is 0 Å². The summed E-state index contributed by atoms with van der Waals surface area (Å²) in [5, 5.41) is 4.98. The Morgan fingerprint density at radius 1 is 0.483 bits per heavy atom. The Bertz CT molecular complexity index is 3030. The molecule has 0 saturated heterocycles. The summed E-state index contributed by atoms with van der Waals surface area (Å²) in [6.07, 6.45) is 8.31. The minimum absolute atomic E-state index is 0.116. The number of hydrogen-bond acceptors (Lipinski definition) is 2. The van der Waals surface area contributed by atoms with E-state index in [1.165, 1.54) is 122 Å². The number of rotatable bonds is 4. The lowest BCUT2D eigenvalue weighted by Gasteiger charge is -2.57. The maximum Gasteiger partial charge on any atom is 0.143 e. The van der Waals surface area contributed by atoms with Gasteiger partial charge in [-0.2, -0.15) is 0 Å². The van der Waals surface area contributed by atoms with Crippen molar-refractivity contribution in [3.05, 3.63) is 161 Å². The molecule has 14 rings (SSSR count). The van der Waals surface area contributed by atoms with E-state index in [0.717, 1.165) is 28.9 Å². The predicted octanol–water partition coefficient (Wildman–Crippen LogP) is 15.3. The first-order valence-electron chi connectivity index (χ1n) is 21.8. The topological polar surface area (TPSA) is 16.4 Å². The van der Waals surface area contributed by atoms with E-state index in [9.17, 15) is 0 Å². The van der Waals surface area contributed by atoms with Crippen LogP contribution in [0.4, 0.5) is 17.1 Å². The van der Waals surface area contributed by atoms with Crippen LogP contribution in [0.15, 0.2) is 138 Å². The standard InChI is InChI=1S/C56H49NO/c1-54(2)44-18-10-8-16-41(44)51-45(54)19-11-21-48(51)57(36-23-24-38-37-13-7-9-17-43(37)55(3,4)47(38)28-36)49-29-42-52-46(56-30-33-25-34(31-56)27-35(26-33)32-56)20-12-22-50(52)58-53(42)40-15-6-5-14-39(40)49/h5-24,28-29,33-35H,25-27,30-32H2,1-4H3. The zero-order chi connectivity index (χ0) is 38.7. The molecule has 2 heteroatoms. The third-order valence-corrected chi connectivity index (χ3v) is 16.0. The number of anilines is 3. The molecule has 4 fully saturated rings. The molecule has 7 aromatic carbocycles. The van der Waals surface area contributed by atoms with Crippen molar-refractivity contribution in [2.45, 2.75) is 82.5 Å². The van der Waals surface area contributed by atoms with Gasteiger partial charge in [0.1, 0.15) is 11.2 Å². The summed E-state index contributed by atoms with van der Waals surface area (Å²) in [6, 6.07) is 50.9. The van der Waals surface area contributed by atoms with Crippen LogP contribution < -0.4 is 4.90 Å². The van der Waals surface area contributed by atoms with Crippen LogP contribution >= 0.6 is 0 Å². The highest BCUT2D eigenvalue weighted by Crippen LogP contribution is 2.63. The van der Waals surface area contributed by atoms with Crippen molar-refractivity contribution in [2.75, 3.05) is 4.90 Å². The second-order valence-electron chi connectivity index (χ2n) is 19.9. The average Bonchev–Trinajstić information content (AvgIpc) is 3.81. The lowest BCUT2D eigenvalue weighted by Crippen LogP contribution is -2.48. The molecule has 6 aliphatic carbocycles. The van der Waals surface area contributed by atoms with Crippen LogP contribution in [-0.2, 0) is 16.2 Å². The summed E-state index contributed by atoms with van der Waals surface area (Å²) >= 11 is 0. The Kier molecular flexibility index (Phi) is 6.51. The second-order valence-corrected chi connectivity index (χ2v) is 19.9. The van der Waals surface area contributed by atoms with Gasteiger partial charge in [-0.1, -0.05) is 131 Å². The Labute approximate surface area is 341 Å². The molecule has 0 amide bonds. The summed E-state index contributed by atoms with van der Waals surface area (Å²) in [5.74, 6) is 2.61. The zero-order valence-corrected chi connectivity index (χ0v) is 34.0. The van der Waals surface area contributed by atoms with Gasteiger partial charge in [-0.3, -0.25) is 0 Å². The van der Waals surface area contributed by atoms with Crippen molar-refractivity contribution >= 4 is 49.8 Å². The van der Waals surface area contributed by atoms with Crippen LogP contribution in [0, 0.1) is 17.8 Å². The average molecular weight is 752 g/mol. The number of hydrogen-bond donors (Lipinski definition) is 0. The van der Waals surface area contributed by atoms with Crippen LogP contribution in [0.2, 0.25) is 0 Å². The molecule has 0 spiro atoms. The van der Waals surface area contributed by atoms with E-state index in [0.29, 0.717) is 0 Å². The number of benzene rings is 7. The van der Waals surface area contributed by atoms with Gasteiger partial charge in [-0.15, -0.1) is 0 Å². The minimum atomic E-state index is -0.125. The highest BCUT2D eigenvalue weighted by atomic mass is 16.3. The maximum atomic E-state index is 7.07. The molecule has 4 bridgehead atoms. The Morgan fingerprint density at radius 3 is 1.83 bits per heavy atom. The smallest absolute Gasteiger partial charge is 0.143 e. The molecule has 4 saturated carbocycles. The van der Waals surface area contributed by atoms with Gasteiger partial charge >= 0.3 is 0 Å². The quantitative estimate of drug-likeness (QED) is 0.178. The van der Waals surface area contributed by atoms with Crippen LogP contribution in [-0.4, -0.2) is 0 Å². The fourth-order valence-electron chi connectivity index (χ4n) is 13.9. The molecule has 58 heavy (non-hydrogen) atoms. The van der Waals surface area contributed by atoms with Crippen molar-refractivity contribution in [3.8, 4) is 22.3 Å². The first-order valence-corrected chi connectivity index (χ1v) is 21.8. The Hall–Kier alpha value is -5.60. The van der Waals surface area contributed by atoms with Gasteiger partial charge in [0.25, 0.3) is 0 Å². The normalized spacial score (nSPS) is 24.0. The summed E-state index contributed by atoms with van der Waals surface area (Å²) < 4.78 is 7.07. The highest BCUT2D eigenvalue weighted by Gasteiger charge is 2.52. The Morgan fingerprint density at radius 2 is 1.07 bits per heavy atom. The van der Waals surface area contributed by atoms with Crippen molar-refractivity contribution in [1.82, 2.24) is 0 Å². The second kappa shape index (κ2) is 11.3. The van der Waals surface area contributed by atoms with Gasteiger partial charge in [0.05, 0.1) is 11.4 Å². The van der Waals surface area contributed by atoms with Crippen molar-refractivity contribution in [3.63, 3.8) is 0 Å². The fraction of sp³-hybridized carbons (Fsp3) is 0.286. The molecular formula is C56H49NO. The summed E-state index contributed by atoms with van der Waals surface area (Å²) in [4.78, 5) is 2.62. The van der Waals surface area contributed by atoms with E-state index in [1.54, 1.807) is 5.56 Å². The van der Waals surface area contributed by atoms with Crippen LogP contribution in [0.1, 0.15) is 94.0 Å². The fourth-order valence-corrected chi connectivity index (χ4v) is 13.9. The molecule has 0 radical (unpaired) electrons. The van der Waals surface area contributed by atoms with E-state index in [2.05, 4.69) is 166 Å². The maximum absolute atomic E-state index is 7.07. The molecule has 1 aromatic heterocycles.